The van der Waals surface area contributed by atoms with E-state index in [1.165, 1.54) is 6.42 Å². The summed E-state index contributed by atoms with van der Waals surface area (Å²) in [7, 11) is 5.74. The second kappa shape index (κ2) is 11.7. The lowest BCUT2D eigenvalue weighted by atomic mass is 9.95. The Morgan fingerprint density at radius 1 is 0.816 bits per heavy atom. The first-order valence-corrected chi connectivity index (χ1v) is 12.8. The number of anilines is 3. The highest BCUT2D eigenvalue weighted by Crippen LogP contribution is 2.27. The lowest BCUT2D eigenvalue weighted by molar-refractivity contribution is 0.102. The molecule has 4 aromatic rings. The summed E-state index contributed by atoms with van der Waals surface area (Å²) in [4.78, 5) is 37.6. The Hall–Kier alpha value is -4.46. The van der Waals surface area contributed by atoms with Crippen molar-refractivity contribution in [1.29, 1.82) is 0 Å². The first-order chi connectivity index (χ1) is 18.6. The van der Waals surface area contributed by atoms with Gasteiger partial charge in [0.05, 0.1) is 37.2 Å². The number of aromatic nitrogens is 2. The fourth-order valence-corrected chi connectivity index (χ4v) is 4.54. The molecule has 1 aliphatic rings. The van der Waals surface area contributed by atoms with Gasteiger partial charge in [-0.25, -0.2) is 9.97 Å². The van der Waals surface area contributed by atoms with Crippen molar-refractivity contribution < 1.29 is 9.59 Å². The molecular weight excluding hydrogens is 473 g/mol. The third-order valence-corrected chi connectivity index (χ3v) is 6.58. The Kier molecular flexibility index (Phi) is 7.78. The molecule has 1 aliphatic heterocycles. The number of nitrogens with one attached hydrogen (secondary N) is 2. The van der Waals surface area contributed by atoms with Gasteiger partial charge >= 0.3 is 0 Å². The minimum Gasteiger partial charge on any atom is -0.372 e. The fraction of sp³-hybridized carbons (Fsp3) is 0.200. The third-order valence-electron chi connectivity index (χ3n) is 6.58. The molecule has 7 nitrogen and oxygen atoms in total. The maximum absolute atomic E-state index is 13.5. The molecule has 188 valence electrons. The Morgan fingerprint density at radius 2 is 1.58 bits per heavy atom. The van der Waals surface area contributed by atoms with Gasteiger partial charge in [-0.1, -0.05) is 54.3 Å². The van der Waals surface area contributed by atoms with E-state index in [4.69, 9.17) is 7.85 Å². The molecule has 8 heteroatoms. The van der Waals surface area contributed by atoms with Crippen molar-refractivity contribution in [3.05, 3.63) is 102 Å². The molecule has 2 amide bonds. The van der Waals surface area contributed by atoms with Crippen LogP contribution in [-0.4, -0.2) is 42.7 Å². The molecule has 0 aliphatic carbocycles. The molecule has 0 saturated carbocycles. The van der Waals surface area contributed by atoms with Crippen LogP contribution >= 0.6 is 0 Å². The standard InChI is InChI=1S/C30H28BN5O2/c31-18-21-8-7-11-23(16-21)29(37)35-27-13-12-25(36-14-5-2-6-15-36)17-26(27)30(38)34-24-19-32-28(33-20-24)22-9-3-1-4-10-22/h1,3-4,7-13,16-17,19-20H,2,5-6,14-15,18H2,(H,34,38)(H,35,37). The summed E-state index contributed by atoms with van der Waals surface area (Å²) in [6.45, 7) is 1.88. The second-order valence-electron chi connectivity index (χ2n) is 9.25. The van der Waals surface area contributed by atoms with Crippen LogP contribution in [0, 0.1) is 0 Å². The van der Waals surface area contributed by atoms with Crippen LogP contribution in [0.3, 0.4) is 0 Å². The zero-order chi connectivity index (χ0) is 26.3. The van der Waals surface area contributed by atoms with Gasteiger partial charge in [-0.2, -0.15) is 0 Å². The predicted molar refractivity (Wildman–Crippen MR) is 152 cm³/mol. The minimum absolute atomic E-state index is 0.310. The van der Waals surface area contributed by atoms with Crippen LogP contribution in [0.5, 0.6) is 0 Å². The van der Waals surface area contributed by atoms with Crippen molar-refractivity contribution >= 4 is 36.7 Å². The normalized spacial score (nSPS) is 13.1. The summed E-state index contributed by atoms with van der Waals surface area (Å²) >= 11 is 0. The number of amides is 2. The molecule has 2 heterocycles. The Morgan fingerprint density at radius 3 is 2.32 bits per heavy atom. The number of piperidine rings is 1. The summed E-state index contributed by atoms with van der Waals surface area (Å²) in [5.74, 6) is -0.0927. The van der Waals surface area contributed by atoms with Gasteiger partial charge in [0.1, 0.15) is 0 Å². The second-order valence-corrected chi connectivity index (χ2v) is 9.25. The highest BCUT2D eigenvalue weighted by atomic mass is 16.2. The lowest BCUT2D eigenvalue weighted by Gasteiger charge is -2.29. The van der Waals surface area contributed by atoms with E-state index in [0.717, 1.165) is 42.7 Å². The van der Waals surface area contributed by atoms with E-state index in [0.29, 0.717) is 34.6 Å². The lowest BCUT2D eigenvalue weighted by Crippen LogP contribution is -2.29. The number of hydrogen-bond donors (Lipinski definition) is 2. The molecule has 0 bridgehead atoms. The van der Waals surface area contributed by atoms with Gasteiger partial charge in [0.25, 0.3) is 11.8 Å². The predicted octanol–water partition coefficient (Wildman–Crippen LogP) is 5.31. The fourth-order valence-electron chi connectivity index (χ4n) is 4.54. The van der Waals surface area contributed by atoms with Gasteiger partial charge < -0.3 is 15.5 Å². The zero-order valence-electron chi connectivity index (χ0n) is 21.1. The van der Waals surface area contributed by atoms with Gasteiger partial charge in [-0.3, -0.25) is 9.59 Å². The van der Waals surface area contributed by atoms with E-state index in [-0.39, 0.29) is 11.8 Å². The third kappa shape index (κ3) is 5.91. The molecule has 5 rings (SSSR count). The molecule has 0 unspecified atom stereocenters. The summed E-state index contributed by atoms with van der Waals surface area (Å²) < 4.78 is 0. The molecule has 0 atom stereocenters. The van der Waals surface area contributed by atoms with Crippen LogP contribution < -0.4 is 15.5 Å². The molecule has 1 saturated heterocycles. The minimum atomic E-state index is -0.356. The smallest absolute Gasteiger partial charge is 0.257 e. The molecule has 1 aromatic heterocycles. The van der Waals surface area contributed by atoms with Crippen LogP contribution in [0.2, 0.25) is 0 Å². The van der Waals surface area contributed by atoms with Crippen molar-refractivity contribution in [2.45, 2.75) is 25.6 Å². The zero-order valence-corrected chi connectivity index (χ0v) is 21.1. The average molecular weight is 501 g/mol. The van der Waals surface area contributed by atoms with E-state index in [1.807, 2.05) is 48.5 Å². The van der Waals surface area contributed by atoms with E-state index in [2.05, 4.69) is 25.5 Å². The van der Waals surface area contributed by atoms with Crippen LogP contribution in [0.15, 0.2) is 85.2 Å². The van der Waals surface area contributed by atoms with Gasteiger partial charge in [-0.15, -0.1) is 0 Å². The van der Waals surface area contributed by atoms with Gasteiger partial charge in [0, 0.05) is 29.9 Å². The molecule has 38 heavy (non-hydrogen) atoms. The Bertz CT molecular complexity index is 1420. The Balaban J connectivity index is 1.40. The number of benzene rings is 3. The maximum atomic E-state index is 13.5. The SMILES string of the molecule is [B]Cc1cccc(C(=O)Nc2ccc(N3CCCCC3)cc2C(=O)Nc2cnc(-c3ccccc3)nc2)c1. The van der Waals surface area contributed by atoms with Crippen LogP contribution in [0.25, 0.3) is 11.4 Å². The number of nitrogens with zero attached hydrogens (tertiary/aromatic N) is 3. The molecule has 3 aromatic carbocycles. The van der Waals surface area contributed by atoms with Crippen LogP contribution in [0.4, 0.5) is 17.1 Å². The van der Waals surface area contributed by atoms with Gasteiger partial charge in [0.2, 0.25) is 0 Å². The molecular formula is C30H28BN5O2. The highest BCUT2D eigenvalue weighted by Gasteiger charge is 2.19. The first-order valence-electron chi connectivity index (χ1n) is 12.8. The van der Waals surface area contributed by atoms with Crippen molar-refractivity contribution in [3.63, 3.8) is 0 Å². The summed E-state index contributed by atoms with van der Waals surface area (Å²) in [5, 5.41) is 5.80. The first kappa shape index (κ1) is 25.2. The van der Waals surface area contributed by atoms with E-state index >= 15 is 0 Å². The molecule has 1 fully saturated rings. The highest BCUT2D eigenvalue weighted by molar-refractivity contribution is 6.13. The maximum Gasteiger partial charge on any atom is 0.257 e. The largest absolute Gasteiger partial charge is 0.372 e. The van der Waals surface area contributed by atoms with E-state index in [9.17, 15) is 9.59 Å². The topological polar surface area (TPSA) is 87.2 Å². The quantitative estimate of drug-likeness (QED) is 0.336. The van der Waals surface area contributed by atoms with Crippen molar-refractivity contribution in [1.82, 2.24) is 9.97 Å². The van der Waals surface area contributed by atoms with Gasteiger partial charge in [-0.05, 0) is 49.6 Å². The van der Waals surface area contributed by atoms with E-state index < -0.39 is 0 Å². The van der Waals surface area contributed by atoms with Gasteiger partial charge in [0.15, 0.2) is 5.82 Å². The molecule has 2 radical (unpaired) electrons. The summed E-state index contributed by atoms with van der Waals surface area (Å²) in [6, 6.07) is 22.4. The summed E-state index contributed by atoms with van der Waals surface area (Å²) in [6.07, 6.45) is 6.94. The summed E-state index contributed by atoms with van der Waals surface area (Å²) in [5.41, 5.74) is 4.43. The monoisotopic (exact) mass is 501 g/mol. The molecule has 0 spiro atoms. The number of rotatable bonds is 7. The van der Waals surface area contributed by atoms with Crippen molar-refractivity contribution in [3.8, 4) is 11.4 Å². The van der Waals surface area contributed by atoms with Crippen molar-refractivity contribution in [2.75, 3.05) is 28.6 Å². The number of carbonyl (C=O) groups excluding carboxylic acids is 2. The molecule has 2 N–H and O–H groups in total. The number of hydrogen-bond acceptors (Lipinski definition) is 5. The van der Waals surface area contributed by atoms with Crippen LogP contribution in [0.1, 0.15) is 45.5 Å². The van der Waals surface area contributed by atoms with E-state index in [1.54, 1.807) is 36.7 Å². The van der Waals surface area contributed by atoms with Crippen molar-refractivity contribution in [2.24, 2.45) is 0 Å². The van der Waals surface area contributed by atoms with Crippen LogP contribution in [-0.2, 0) is 6.32 Å². The number of carbonyl (C=O) groups is 2. The Labute approximate surface area is 223 Å². The average Bonchev–Trinajstić information content (AvgIpc) is 2.98.